The van der Waals surface area contributed by atoms with Gasteiger partial charge in [0.25, 0.3) is 0 Å². The Hall–Kier alpha value is -0.800. The zero-order valence-electron chi connectivity index (χ0n) is 34.6. The quantitative estimate of drug-likeness (QED) is 0.0233. The highest BCUT2D eigenvalue weighted by molar-refractivity contribution is 7.47. The van der Waals surface area contributed by atoms with E-state index in [1.165, 1.54) is 135 Å². The molecule has 0 fully saturated rings. The van der Waals surface area contributed by atoms with Gasteiger partial charge in [-0.2, -0.15) is 0 Å². The van der Waals surface area contributed by atoms with Crippen molar-refractivity contribution >= 4 is 13.7 Å². The van der Waals surface area contributed by atoms with Gasteiger partial charge in [-0.25, -0.2) is 4.57 Å². The van der Waals surface area contributed by atoms with Crippen molar-refractivity contribution in [3.8, 4) is 0 Å². The summed E-state index contributed by atoms with van der Waals surface area (Å²) in [5.41, 5.74) is 5.37. The number of amides is 1. The molecular weight excluding hydrogens is 687 g/mol. The lowest BCUT2D eigenvalue weighted by molar-refractivity contribution is -0.125. The number of hydrogen-bond acceptors (Lipinski definition) is 7. The number of allylic oxidation sites excluding steroid dienone is 2. The van der Waals surface area contributed by atoms with Gasteiger partial charge in [-0.1, -0.05) is 187 Å². The van der Waals surface area contributed by atoms with Crippen LogP contribution in [0.1, 0.15) is 219 Å². The van der Waals surface area contributed by atoms with Crippen molar-refractivity contribution < 1.29 is 33.5 Å². The standard InChI is InChI=1S/C43H87N2O7P/c1-3-5-7-9-11-13-15-17-19-21-22-24-26-28-30-32-34-40(46)38-43(48)45-41(39-52-53(49,50)51-37-36-44)42(47)35-33-31-29-27-25-23-20-18-16-14-12-10-8-6-4-2/h22,24,40-42,46-47H,3-21,23,25-39,44H2,1-2H3,(H,45,48)(H,49,50)/b24-22-. The molecule has 0 aliphatic heterocycles. The lowest BCUT2D eigenvalue weighted by Crippen LogP contribution is -2.47. The number of carbonyl (C=O) groups excluding carboxylic acids is 1. The molecule has 4 atom stereocenters. The number of nitrogens with two attached hydrogens (primary N) is 1. The number of aliphatic hydroxyl groups excluding tert-OH is 2. The van der Waals surface area contributed by atoms with Crippen LogP contribution < -0.4 is 11.1 Å². The van der Waals surface area contributed by atoms with Crippen LogP contribution in [0.3, 0.4) is 0 Å². The number of hydrogen-bond donors (Lipinski definition) is 5. The van der Waals surface area contributed by atoms with Crippen molar-refractivity contribution in [3.63, 3.8) is 0 Å². The van der Waals surface area contributed by atoms with E-state index < -0.39 is 32.0 Å². The van der Waals surface area contributed by atoms with Gasteiger partial charge in [-0.05, 0) is 38.5 Å². The van der Waals surface area contributed by atoms with E-state index in [4.69, 9.17) is 14.8 Å². The predicted octanol–water partition coefficient (Wildman–Crippen LogP) is 11.4. The summed E-state index contributed by atoms with van der Waals surface area (Å²) in [5.74, 6) is -0.420. The fraction of sp³-hybridized carbons (Fsp3) is 0.930. The molecule has 4 unspecified atom stereocenters. The second-order valence-corrected chi connectivity index (χ2v) is 16.9. The van der Waals surface area contributed by atoms with E-state index in [0.717, 1.165) is 51.4 Å². The molecule has 316 valence electrons. The SMILES string of the molecule is CCCCCCCCCCC/C=C\CCCCCC(O)CC(=O)NC(COP(=O)(O)OCCN)C(O)CCCCCCCCCCCCCCCCC. The normalized spacial score (nSPS) is 14.8. The van der Waals surface area contributed by atoms with E-state index in [0.29, 0.717) is 12.8 Å². The second-order valence-electron chi connectivity index (χ2n) is 15.5. The largest absolute Gasteiger partial charge is 0.472 e. The summed E-state index contributed by atoms with van der Waals surface area (Å²) in [5, 5.41) is 24.2. The van der Waals surface area contributed by atoms with Crippen LogP contribution in [-0.2, 0) is 18.4 Å². The minimum Gasteiger partial charge on any atom is -0.393 e. The Morgan fingerprint density at radius 1 is 0.623 bits per heavy atom. The molecule has 1 amide bonds. The summed E-state index contributed by atoms with van der Waals surface area (Å²) >= 11 is 0. The van der Waals surface area contributed by atoms with Gasteiger partial charge in [0.05, 0.1) is 37.9 Å². The first kappa shape index (κ1) is 52.2. The van der Waals surface area contributed by atoms with E-state index in [1.54, 1.807) is 0 Å². The number of nitrogens with one attached hydrogen (secondary N) is 1. The smallest absolute Gasteiger partial charge is 0.393 e. The Balaban J connectivity index is 4.26. The highest BCUT2D eigenvalue weighted by atomic mass is 31.2. The third-order valence-electron chi connectivity index (χ3n) is 10.2. The number of rotatable bonds is 42. The van der Waals surface area contributed by atoms with Crippen molar-refractivity contribution in [3.05, 3.63) is 12.2 Å². The van der Waals surface area contributed by atoms with Crippen LogP contribution in [-0.4, -0.2) is 59.0 Å². The molecule has 0 aromatic carbocycles. The minimum absolute atomic E-state index is 0.0594. The molecule has 0 spiro atoms. The number of aliphatic hydroxyl groups is 2. The van der Waals surface area contributed by atoms with E-state index in [9.17, 15) is 24.5 Å². The Bertz CT molecular complexity index is 862. The molecule has 0 aliphatic rings. The summed E-state index contributed by atoms with van der Waals surface area (Å²) < 4.78 is 22.1. The molecule has 0 rings (SSSR count). The average molecular weight is 775 g/mol. The molecule has 10 heteroatoms. The lowest BCUT2D eigenvalue weighted by atomic mass is 10.0. The minimum atomic E-state index is -4.37. The molecule has 0 saturated carbocycles. The van der Waals surface area contributed by atoms with Gasteiger partial charge in [-0.3, -0.25) is 13.8 Å². The monoisotopic (exact) mass is 775 g/mol. The fourth-order valence-electron chi connectivity index (χ4n) is 6.76. The molecule has 0 aliphatic carbocycles. The third-order valence-corrected chi connectivity index (χ3v) is 11.2. The predicted molar refractivity (Wildman–Crippen MR) is 223 cm³/mol. The van der Waals surface area contributed by atoms with Crippen molar-refractivity contribution in [2.75, 3.05) is 19.8 Å². The van der Waals surface area contributed by atoms with Gasteiger partial charge in [0.1, 0.15) is 0 Å². The second kappa shape index (κ2) is 39.4. The maximum absolute atomic E-state index is 12.8. The number of phosphoric ester groups is 1. The van der Waals surface area contributed by atoms with E-state index >= 15 is 0 Å². The maximum Gasteiger partial charge on any atom is 0.472 e. The summed E-state index contributed by atoms with van der Waals surface area (Å²) in [4.78, 5) is 22.8. The van der Waals surface area contributed by atoms with Crippen molar-refractivity contribution in [2.24, 2.45) is 5.73 Å². The number of carbonyl (C=O) groups is 1. The Kier molecular flexibility index (Phi) is 38.8. The molecule has 0 radical (unpaired) electrons. The van der Waals surface area contributed by atoms with Crippen molar-refractivity contribution in [1.82, 2.24) is 5.32 Å². The van der Waals surface area contributed by atoms with Crippen LogP contribution in [0.5, 0.6) is 0 Å². The maximum atomic E-state index is 12.8. The summed E-state index contributed by atoms with van der Waals surface area (Å²) in [7, 11) is -4.37. The zero-order chi connectivity index (χ0) is 39.1. The molecule has 0 heterocycles. The summed E-state index contributed by atoms with van der Waals surface area (Å²) in [6.45, 7) is 4.05. The van der Waals surface area contributed by atoms with Gasteiger partial charge in [-0.15, -0.1) is 0 Å². The number of unbranched alkanes of at least 4 members (excludes halogenated alkanes) is 26. The Morgan fingerprint density at radius 2 is 1.02 bits per heavy atom. The van der Waals surface area contributed by atoms with Crippen LogP contribution >= 0.6 is 7.82 Å². The fourth-order valence-corrected chi connectivity index (χ4v) is 7.52. The molecule has 0 aromatic rings. The van der Waals surface area contributed by atoms with E-state index in [-0.39, 0.29) is 26.2 Å². The van der Waals surface area contributed by atoms with Crippen molar-refractivity contribution in [1.29, 1.82) is 0 Å². The topological polar surface area (TPSA) is 151 Å². The van der Waals surface area contributed by atoms with Crippen molar-refractivity contribution in [2.45, 2.75) is 238 Å². The van der Waals surface area contributed by atoms with Crippen LogP contribution in [0.4, 0.5) is 0 Å². The van der Waals surface area contributed by atoms with Crippen LogP contribution in [0.2, 0.25) is 0 Å². The molecule has 9 nitrogen and oxygen atoms in total. The molecular formula is C43H87N2O7P. The van der Waals surface area contributed by atoms with Gasteiger partial charge in [0, 0.05) is 6.54 Å². The highest BCUT2D eigenvalue weighted by Gasteiger charge is 2.28. The zero-order valence-corrected chi connectivity index (χ0v) is 35.5. The van der Waals surface area contributed by atoms with Gasteiger partial charge >= 0.3 is 7.82 Å². The summed E-state index contributed by atoms with van der Waals surface area (Å²) in [6.07, 6.45) is 39.6. The van der Waals surface area contributed by atoms with Gasteiger partial charge < -0.3 is 26.2 Å². The van der Waals surface area contributed by atoms with Gasteiger partial charge in [0.2, 0.25) is 5.91 Å². The molecule has 53 heavy (non-hydrogen) atoms. The number of phosphoric acid groups is 1. The lowest BCUT2D eigenvalue weighted by Gasteiger charge is -2.25. The Labute approximate surface area is 327 Å². The van der Waals surface area contributed by atoms with E-state index in [2.05, 4.69) is 31.3 Å². The first-order valence-corrected chi connectivity index (χ1v) is 23.9. The average Bonchev–Trinajstić information content (AvgIpc) is 3.13. The third kappa shape index (κ3) is 37.9. The van der Waals surface area contributed by atoms with E-state index in [1.807, 2.05) is 0 Å². The first-order valence-electron chi connectivity index (χ1n) is 22.4. The van der Waals surface area contributed by atoms with Crippen LogP contribution in [0.15, 0.2) is 12.2 Å². The molecule has 6 N–H and O–H groups in total. The van der Waals surface area contributed by atoms with Gasteiger partial charge in [0.15, 0.2) is 0 Å². The Morgan fingerprint density at radius 3 is 1.47 bits per heavy atom. The van der Waals surface area contributed by atoms with Crippen LogP contribution in [0, 0.1) is 0 Å². The molecule has 0 aromatic heterocycles. The summed E-state index contributed by atoms with van der Waals surface area (Å²) in [6, 6.07) is -0.898. The molecule has 0 saturated heterocycles. The first-order chi connectivity index (χ1) is 25.8. The molecule has 0 bridgehead atoms. The van der Waals surface area contributed by atoms with Crippen LogP contribution in [0.25, 0.3) is 0 Å². The highest BCUT2D eigenvalue weighted by Crippen LogP contribution is 2.43.